The van der Waals surface area contributed by atoms with Gasteiger partial charge >= 0.3 is 79.6 Å². The standard InChI is InChI=1S/C7H12Se3/c1-2-4-6-8-10-9-7-5-3-1/h4,6H,1-3,5,7H2. The molecule has 0 fully saturated rings. The zero-order chi connectivity index (χ0) is 7.07. The molecule has 0 aromatic heterocycles. The molecule has 1 aliphatic heterocycles. The van der Waals surface area contributed by atoms with Gasteiger partial charge in [0.25, 0.3) is 0 Å². The van der Waals surface area contributed by atoms with Crippen LogP contribution in [0.2, 0.25) is 5.32 Å². The third kappa shape index (κ3) is 5.02. The summed E-state index contributed by atoms with van der Waals surface area (Å²) in [6.07, 6.45) is 8.20. The van der Waals surface area contributed by atoms with E-state index >= 15 is 0 Å². The second-order valence-electron chi connectivity index (χ2n) is 2.21. The fourth-order valence-electron chi connectivity index (χ4n) is 0.792. The average molecular weight is 333 g/mol. The van der Waals surface area contributed by atoms with Crippen molar-refractivity contribution in [1.82, 2.24) is 0 Å². The Kier molecular flexibility index (Phi) is 6.55. The number of allylic oxidation sites excluding steroid dienone is 1. The van der Waals surface area contributed by atoms with Crippen LogP contribution in [0.1, 0.15) is 25.7 Å². The summed E-state index contributed by atoms with van der Waals surface area (Å²) in [5.74, 6) is 0. The Balaban J connectivity index is 2.13. The van der Waals surface area contributed by atoms with Gasteiger partial charge in [0.05, 0.1) is 0 Å². The van der Waals surface area contributed by atoms with E-state index in [1.807, 2.05) is 0 Å². The van der Waals surface area contributed by atoms with Crippen LogP contribution in [0.3, 0.4) is 0 Å². The summed E-state index contributed by atoms with van der Waals surface area (Å²) in [6, 6.07) is 0. The van der Waals surface area contributed by atoms with Gasteiger partial charge in [0.15, 0.2) is 0 Å². The van der Waals surface area contributed by atoms with Crippen LogP contribution in [-0.4, -0.2) is 37.6 Å². The average Bonchev–Trinajstić information content (AvgIpc) is 2.01. The van der Waals surface area contributed by atoms with Gasteiger partial charge in [-0.05, 0) is 0 Å². The molecule has 1 rings (SSSR count). The van der Waals surface area contributed by atoms with Crippen molar-refractivity contribution in [3.63, 3.8) is 0 Å². The molecule has 0 amide bonds. The summed E-state index contributed by atoms with van der Waals surface area (Å²) in [6.45, 7) is 0. The molecule has 1 aliphatic rings. The van der Waals surface area contributed by atoms with E-state index in [0.29, 0.717) is 0 Å². The van der Waals surface area contributed by atoms with Crippen molar-refractivity contribution in [2.45, 2.75) is 31.0 Å². The first-order valence-corrected chi connectivity index (χ1v) is 14.5. The Morgan fingerprint density at radius 2 is 2.10 bits per heavy atom. The van der Waals surface area contributed by atoms with Crippen LogP contribution < -0.4 is 0 Å². The van der Waals surface area contributed by atoms with Gasteiger partial charge in [0, 0.05) is 0 Å². The summed E-state index contributed by atoms with van der Waals surface area (Å²) >= 11 is 3.02. The Morgan fingerprint density at radius 1 is 1.10 bits per heavy atom. The molecule has 58 valence electrons. The number of rotatable bonds is 0. The predicted molar refractivity (Wildman–Crippen MR) is 49.7 cm³/mol. The van der Waals surface area contributed by atoms with Gasteiger partial charge in [0.1, 0.15) is 0 Å². The van der Waals surface area contributed by atoms with Gasteiger partial charge in [-0.3, -0.25) is 0 Å². The third-order valence-electron chi connectivity index (χ3n) is 1.34. The normalized spacial score (nSPS) is 22.4. The van der Waals surface area contributed by atoms with E-state index in [0.717, 1.165) is 37.6 Å². The summed E-state index contributed by atoms with van der Waals surface area (Å²) in [7, 11) is 0. The van der Waals surface area contributed by atoms with Crippen LogP contribution in [0, 0.1) is 0 Å². The van der Waals surface area contributed by atoms with Gasteiger partial charge in [-0.1, -0.05) is 0 Å². The van der Waals surface area contributed by atoms with Crippen molar-refractivity contribution in [2.75, 3.05) is 0 Å². The summed E-state index contributed by atoms with van der Waals surface area (Å²) < 4.78 is 0. The Bertz CT molecular complexity index is 89.0. The van der Waals surface area contributed by atoms with Crippen molar-refractivity contribution in [3.05, 3.63) is 11.1 Å². The maximum absolute atomic E-state index is 2.46. The topological polar surface area (TPSA) is 0 Å². The summed E-state index contributed by atoms with van der Waals surface area (Å²) in [5, 5.41) is 1.57. The first-order valence-electron chi connectivity index (χ1n) is 3.60. The van der Waals surface area contributed by atoms with Crippen molar-refractivity contribution in [1.29, 1.82) is 0 Å². The van der Waals surface area contributed by atoms with Gasteiger partial charge < -0.3 is 0 Å². The van der Waals surface area contributed by atoms with Crippen LogP contribution in [0.5, 0.6) is 0 Å². The zero-order valence-electron chi connectivity index (χ0n) is 5.91. The predicted octanol–water partition coefficient (Wildman–Crippen LogP) is 1.43. The molecule has 10 heavy (non-hydrogen) atoms. The Labute approximate surface area is 79.2 Å². The molecule has 0 radical (unpaired) electrons. The van der Waals surface area contributed by atoms with E-state index in [1.165, 1.54) is 25.7 Å². The molecule has 0 saturated carbocycles. The third-order valence-corrected chi connectivity index (χ3v) is 18.1. The minimum absolute atomic E-state index is 0.921. The van der Waals surface area contributed by atoms with Crippen molar-refractivity contribution in [3.8, 4) is 0 Å². The summed E-state index contributed by atoms with van der Waals surface area (Å²) in [5.41, 5.74) is 0. The molecule has 0 atom stereocenters. The van der Waals surface area contributed by atoms with E-state index < -0.39 is 0 Å². The van der Waals surface area contributed by atoms with Crippen LogP contribution in [0.25, 0.3) is 0 Å². The van der Waals surface area contributed by atoms with Crippen LogP contribution in [0.4, 0.5) is 0 Å². The van der Waals surface area contributed by atoms with Crippen LogP contribution in [-0.2, 0) is 0 Å². The van der Waals surface area contributed by atoms with Crippen LogP contribution >= 0.6 is 0 Å². The van der Waals surface area contributed by atoms with Gasteiger partial charge in [-0.2, -0.15) is 0 Å². The van der Waals surface area contributed by atoms with Crippen LogP contribution in [0.15, 0.2) is 11.1 Å². The van der Waals surface area contributed by atoms with E-state index in [4.69, 9.17) is 0 Å². The minimum atomic E-state index is 0.921. The van der Waals surface area contributed by atoms with E-state index in [-0.39, 0.29) is 0 Å². The molecule has 0 nitrogen and oxygen atoms in total. The second-order valence-corrected chi connectivity index (χ2v) is 18.7. The fraction of sp³-hybridized carbons (Fsp3) is 0.714. The number of hydrogen-bond acceptors (Lipinski definition) is 0. The molecular formula is C7H12Se3. The Morgan fingerprint density at radius 3 is 3.10 bits per heavy atom. The Hall–Kier alpha value is 1.30. The van der Waals surface area contributed by atoms with Crippen molar-refractivity contribution >= 4 is 37.6 Å². The zero-order valence-corrected chi connectivity index (χ0v) is 11.1. The molecule has 0 aliphatic carbocycles. The van der Waals surface area contributed by atoms with Crippen molar-refractivity contribution < 1.29 is 0 Å². The monoisotopic (exact) mass is 336 g/mol. The maximum atomic E-state index is 2.46. The molecule has 3 heteroatoms. The molecule has 1 heterocycles. The number of hydrogen-bond donors (Lipinski definition) is 0. The van der Waals surface area contributed by atoms with E-state index in [1.54, 1.807) is 5.32 Å². The molecule has 0 unspecified atom stereocenters. The molecular weight excluding hydrogens is 321 g/mol. The first-order chi connectivity index (χ1) is 5.00. The first kappa shape index (κ1) is 9.39. The summed E-state index contributed by atoms with van der Waals surface area (Å²) in [4.78, 5) is 2.46. The molecule has 0 aromatic rings. The van der Waals surface area contributed by atoms with E-state index in [9.17, 15) is 0 Å². The van der Waals surface area contributed by atoms with E-state index in [2.05, 4.69) is 11.1 Å². The molecule has 0 spiro atoms. The fourth-order valence-corrected chi connectivity index (χ4v) is 15.8. The molecule has 0 N–H and O–H groups in total. The van der Waals surface area contributed by atoms with Gasteiger partial charge in [-0.25, -0.2) is 0 Å². The molecule has 0 saturated heterocycles. The molecule has 0 bridgehead atoms. The van der Waals surface area contributed by atoms with Gasteiger partial charge in [-0.15, -0.1) is 0 Å². The molecule has 0 aromatic carbocycles. The SMILES string of the molecule is C1=C[Se][Se][Se]CCCCC1. The quantitative estimate of drug-likeness (QED) is 0.589. The second kappa shape index (κ2) is 6.98. The van der Waals surface area contributed by atoms with Gasteiger partial charge in [0.2, 0.25) is 0 Å². The van der Waals surface area contributed by atoms with Crippen molar-refractivity contribution in [2.24, 2.45) is 0 Å².